The number of hydrogen-bond acceptors (Lipinski definition) is 1. The third-order valence-electron chi connectivity index (χ3n) is 2.22. The Hall–Kier alpha value is -0.800. The van der Waals surface area contributed by atoms with Crippen LogP contribution in [-0.2, 0) is 0 Å². The Bertz CT molecular complexity index is 297. The van der Waals surface area contributed by atoms with E-state index in [1.807, 2.05) is 30.3 Å². The molecule has 0 bridgehead atoms. The molecule has 0 heterocycles. The van der Waals surface area contributed by atoms with Crippen LogP contribution in [0.4, 0.5) is 0 Å². The first-order valence-corrected chi connectivity index (χ1v) is 6.43. The molecule has 1 aromatic carbocycles. The summed E-state index contributed by atoms with van der Waals surface area (Å²) in [5.41, 5.74) is 0. The molecule has 2 nitrogen and oxygen atoms in total. The van der Waals surface area contributed by atoms with Crippen molar-refractivity contribution in [2.45, 2.75) is 12.8 Å². The monoisotopic (exact) mass is 284 g/mol. The van der Waals surface area contributed by atoms with E-state index < -0.39 is 0 Å². The zero-order valence-electron chi connectivity index (χ0n) is 9.49. The smallest absolute Gasteiger partial charge is 0.119 e. The second kappa shape index (κ2) is 8.36. The van der Waals surface area contributed by atoms with Gasteiger partial charge in [0.2, 0.25) is 0 Å². The van der Waals surface area contributed by atoms with Gasteiger partial charge < -0.3 is 10.1 Å². The Labute approximate surface area is 106 Å². The van der Waals surface area contributed by atoms with Crippen LogP contribution in [0.1, 0.15) is 12.8 Å². The summed E-state index contributed by atoms with van der Waals surface area (Å²) in [7, 11) is 0. The highest BCUT2D eigenvalue weighted by Crippen LogP contribution is 2.16. The van der Waals surface area contributed by atoms with Crippen molar-refractivity contribution in [1.29, 1.82) is 0 Å². The van der Waals surface area contributed by atoms with Crippen LogP contribution in [0.2, 0.25) is 0 Å². The van der Waals surface area contributed by atoms with Crippen molar-refractivity contribution in [2.24, 2.45) is 0 Å². The van der Waals surface area contributed by atoms with E-state index >= 15 is 0 Å². The highest BCUT2D eigenvalue weighted by Gasteiger charge is 1.94. The molecule has 0 aromatic heterocycles. The third-order valence-corrected chi connectivity index (χ3v) is 2.75. The van der Waals surface area contributed by atoms with Gasteiger partial charge in [-0.3, -0.25) is 0 Å². The number of ether oxygens (including phenoxy) is 1. The first-order chi connectivity index (χ1) is 7.83. The number of unbranched alkanes of at least 4 members (excludes halogenated alkanes) is 1. The summed E-state index contributed by atoms with van der Waals surface area (Å²) in [6.45, 7) is 6.63. The fourth-order valence-electron chi connectivity index (χ4n) is 1.35. The SMILES string of the molecule is C=CC[NH2+]CCCCOc1ccc(Br)cc1. The van der Waals surface area contributed by atoms with Gasteiger partial charge in [0.25, 0.3) is 0 Å². The molecule has 0 spiro atoms. The maximum absolute atomic E-state index is 5.61. The Balaban J connectivity index is 2.02. The molecular formula is C13H19BrNO+. The van der Waals surface area contributed by atoms with Gasteiger partial charge in [0.05, 0.1) is 19.7 Å². The molecule has 0 radical (unpaired) electrons. The topological polar surface area (TPSA) is 25.8 Å². The molecule has 0 aliphatic heterocycles. The third kappa shape index (κ3) is 5.93. The van der Waals surface area contributed by atoms with Gasteiger partial charge >= 0.3 is 0 Å². The minimum atomic E-state index is 0.795. The van der Waals surface area contributed by atoms with E-state index in [-0.39, 0.29) is 0 Å². The van der Waals surface area contributed by atoms with Crippen molar-refractivity contribution in [3.05, 3.63) is 41.4 Å². The van der Waals surface area contributed by atoms with Gasteiger partial charge in [-0.2, -0.15) is 0 Å². The fourth-order valence-corrected chi connectivity index (χ4v) is 1.61. The number of nitrogens with two attached hydrogens (primary N) is 1. The van der Waals surface area contributed by atoms with Crippen LogP contribution in [-0.4, -0.2) is 19.7 Å². The number of rotatable bonds is 8. The van der Waals surface area contributed by atoms with Crippen LogP contribution >= 0.6 is 15.9 Å². The molecule has 2 N–H and O–H groups in total. The van der Waals surface area contributed by atoms with E-state index in [9.17, 15) is 0 Å². The normalized spacial score (nSPS) is 10.1. The van der Waals surface area contributed by atoms with Crippen LogP contribution in [0.3, 0.4) is 0 Å². The van der Waals surface area contributed by atoms with Crippen molar-refractivity contribution >= 4 is 15.9 Å². The van der Waals surface area contributed by atoms with E-state index in [0.717, 1.165) is 36.3 Å². The summed E-state index contributed by atoms with van der Waals surface area (Å²) in [5, 5.41) is 2.26. The lowest BCUT2D eigenvalue weighted by molar-refractivity contribution is -0.646. The molecular weight excluding hydrogens is 266 g/mol. The summed E-state index contributed by atoms with van der Waals surface area (Å²) in [5.74, 6) is 0.943. The number of halogens is 1. The van der Waals surface area contributed by atoms with E-state index in [0.29, 0.717) is 0 Å². The van der Waals surface area contributed by atoms with Gasteiger partial charge in [-0.25, -0.2) is 0 Å². The molecule has 0 saturated heterocycles. The molecule has 0 unspecified atom stereocenters. The Morgan fingerprint density at radius 1 is 1.25 bits per heavy atom. The minimum Gasteiger partial charge on any atom is -0.494 e. The summed E-state index contributed by atoms with van der Waals surface area (Å²) in [6, 6.07) is 7.95. The summed E-state index contributed by atoms with van der Waals surface area (Å²) < 4.78 is 6.69. The van der Waals surface area contributed by atoms with E-state index in [4.69, 9.17) is 4.74 Å². The Morgan fingerprint density at radius 2 is 2.00 bits per heavy atom. The van der Waals surface area contributed by atoms with Crippen LogP contribution in [0.5, 0.6) is 5.75 Å². The van der Waals surface area contributed by atoms with Gasteiger partial charge in [0.1, 0.15) is 5.75 Å². The number of quaternary nitrogens is 1. The zero-order chi connectivity index (χ0) is 11.6. The molecule has 0 fully saturated rings. The number of hydrogen-bond donors (Lipinski definition) is 1. The van der Waals surface area contributed by atoms with Gasteiger partial charge in [-0.05, 0) is 43.2 Å². The van der Waals surface area contributed by atoms with E-state index in [1.54, 1.807) is 0 Å². The first kappa shape index (κ1) is 13.3. The molecule has 0 aliphatic carbocycles. The maximum atomic E-state index is 5.61. The quantitative estimate of drug-likeness (QED) is 0.576. The average molecular weight is 285 g/mol. The van der Waals surface area contributed by atoms with Crippen LogP contribution < -0.4 is 10.1 Å². The second-order valence-electron chi connectivity index (χ2n) is 3.61. The predicted octanol–water partition coefficient (Wildman–Crippen LogP) is 2.36. The molecule has 1 aromatic rings. The highest BCUT2D eigenvalue weighted by molar-refractivity contribution is 9.10. The largest absolute Gasteiger partial charge is 0.494 e. The average Bonchev–Trinajstić information content (AvgIpc) is 2.30. The molecule has 0 amide bonds. The van der Waals surface area contributed by atoms with Crippen LogP contribution in [0.15, 0.2) is 41.4 Å². The van der Waals surface area contributed by atoms with Crippen LogP contribution in [0, 0.1) is 0 Å². The standard InChI is InChI=1S/C13H18BrNO/c1-2-9-15-10-3-4-11-16-13-7-5-12(14)6-8-13/h2,5-8,15H,1,3-4,9-11H2/p+1. The molecule has 88 valence electrons. The summed E-state index contributed by atoms with van der Waals surface area (Å²) in [4.78, 5) is 0. The lowest BCUT2D eigenvalue weighted by atomic mass is 10.3. The minimum absolute atomic E-state index is 0.795. The molecule has 16 heavy (non-hydrogen) atoms. The molecule has 0 aliphatic rings. The number of benzene rings is 1. The van der Waals surface area contributed by atoms with E-state index in [1.165, 1.54) is 6.42 Å². The second-order valence-corrected chi connectivity index (χ2v) is 4.53. The van der Waals surface area contributed by atoms with Crippen molar-refractivity contribution in [3.63, 3.8) is 0 Å². The molecule has 3 heteroatoms. The molecule has 0 saturated carbocycles. The Kier molecular flexibility index (Phi) is 6.93. The van der Waals surface area contributed by atoms with Gasteiger partial charge in [-0.1, -0.05) is 22.5 Å². The summed E-state index contributed by atoms with van der Waals surface area (Å²) in [6.07, 6.45) is 4.21. The maximum Gasteiger partial charge on any atom is 0.119 e. The van der Waals surface area contributed by atoms with Crippen molar-refractivity contribution in [2.75, 3.05) is 19.7 Å². The van der Waals surface area contributed by atoms with Gasteiger partial charge in [0.15, 0.2) is 0 Å². The van der Waals surface area contributed by atoms with Crippen molar-refractivity contribution in [1.82, 2.24) is 0 Å². The fraction of sp³-hybridized carbons (Fsp3) is 0.385. The predicted molar refractivity (Wildman–Crippen MR) is 70.7 cm³/mol. The van der Waals surface area contributed by atoms with Gasteiger partial charge in [-0.15, -0.1) is 0 Å². The van der Waals surface area contributed by atoms with Crippen molar-refractivity contribution in [3.8, 4) is 5.75 Å². The Morgan fingerprint density at radius 3 is 2.69 bits per heavy atom. The molecule has 1 rings (SSSR count). The lowest BCUT2D eigenvalue weighted by Gasteiger charge is -2.05. The highest BCUT2D eigenvalue weighted by atomic mass is 79.9. The van der Waals surface area contributed by atoms with Crippen molar-refractivity contribution < 1.29 is 10.1 Å². The van der Waals surface area contributed by atoms with Crippen LogP contribution in [0.25, 0.3) is 0 Å². The van der Waals surface area contributed by atoms with Gasteiger partial charge in [0, 0.05) is 4.47 Å². The zero-order valence-corrected chi connectivity index (χ0v) is 11.1. The van der Waals surface area contributed by atoms with E-state index in [2.05, 4.69) is 27.8 Å². The molecule has 0 atom stereocenters. The lowest BCUT2D eigenvalue weighted by Crippen LogP contribution is -2.83. The first-order valence-electron chi connectivity index (χ1n) is 5.64. The summed E-state index contributed by atoms with van der Waals surface area (Å²) >= 11 is 3.39.